The third kappa shape index (κ3) is 3.45. The van der Waals surface area contributed by atoms with Gasteiger partial charge in [-0.25, -0.2) is 10.1 Å². The van der Waals surface area contributed by atoms with E-state index in [-0.39, 0.29) is 29.0 Å². The van der Waals surface area contributed by atoms with E-state index in [9.17, 15) is 14.4 Å². The van der Waals surface area contributed by atoms with E-state index in [2.05, 4.69) is 20.5 Å². The molecule has 1 atom stereocenters. The van der Waals surface area contributed by atoms with Crippen LogP contribution in [0, 0.1) is 5.92 Å². The molecule has 27 heavy (non-hydrogen) atoms. The first-order valence-electron chi connectivity index (χ1n) is 8.60. The fraction of sp³-hybridized carbons (Fsp3) is 0.278. The molecule has 4 rings (SSSR count). The second kappa shape index (κ2) is 7.28. The molecule has 138 valence electrons. The molecule has 3 heterocycles. The highest BCUT2D eigenvalue weighted by molar-refractivity contribution is 7.13. The minimum atomic E-state index is -0.332. The predicted molar refractivity (Wildman–Crippen MR) is 102 cm³/mol. The van der Waals surface area contributed by atoms with Crippen molar-refractivity contribution in [3.05, 3.63) is 51.9 Å². The highest BCUT2D eigenvalue weighted by atomic mass is 32.1. The Bertz CT molecular complexity index is 1050. The minimum absolute atomic E-state index is 0.137. The minimum Gasteiger partial charge on any atom is -0.336 e. The summed E-state index contributed by atoms with van der Waals surface area (Å²) in [6.45, 7) is 0.861. The second-order valence-corrected chi connectivity index (χ2v) is 7.26. The van der Waals surface area contributed by atoms with Crippen molar-refractivity contribution < 1.29 is 9.59 Å². The number of H-pyrrole nitrogens is 1. The van der Waals surface area contributed by atoms with E-state index >= 15 is 0 Å². The number of hydrogen-bond acceptors (Lipinski definition) is 6. The molecule has 2 N–H and O–H groups in total. The summed E-state index contributed by atoms with van der Waals surface area (Å²) in [6.07, 6.45) is 3.06. The number of aromatic nitrogens is 3. The number of carbonyl (C=O) groups is 2. The molecule has 9 heteroatoms. The number of thiazole rings is 1. The number of anilines is 1. The Balaban J connectivity index is 1.55. The first-order valence-corrected chi connectivity index (χ1v) is 9.48. The van der Waals surface area contributed by atoms with Crippen molar-refractivity contribution in [3.8, 4) is 0 Å². The average molecular weight is 383 g/mol. The SMILES string of the molecule is O=C(Nc1nccs1)C1CCCN(C(=O)c2n[nH]c(=O)c3ccccc23)C1. The zero-order valence-electron chi connectivity index (χ0n) is 14.3. The number of rotatable bonds is 3. The van der Waals surface area contributed by atoms with Gasteiger partial charge in [-0.15, -0.1) is 11.3 Å². The van der Waals surface area contributed by atoms with Crippen LogP contribution in [0.4, 0.5) is 5.13 Å². The number of nitrogens with zero attached hydrogens (tertiary/aromatic N) is 3. The van der Waals surface area contributed by atoms with Crippen LogP contribution in [0.15, 0.2) is 40.6 Å². The number of hydrogen-bond donors (Lipinski definition) is 2. The summed E-state index contributed by atoms with van der Waals surface area (Å²) >= 11 is 1.35. The van der Waals surface area contributed by atoms with Gasteiger partial charge in [-0.1, -0.05) is 18.2 Å². The van der Waals surface area contributed by atoms with Gasteiger partial charge in [0.1, 0.15) is 0 Å². The first-order chi connectivity index (χ1) is 13.1. The van der Waals surface area contributed by atoms with Crippen LogP contribution in [0.2, 0.25) is 0 Å². The molecule has 1 unspecified atom stereocenters. The van der Waals surface area contributed by atoms with Gasteiger partial charge in [0.25, 0.3) is 11.5 Å². The maximum absolute atomic E-state index is 13.0. The number of nitrogens with one attached hydrogen (secondary N) is 2. The lowest BCUT2D eigenvalue weighted by Gasteiger charge is -2.31. The van der Waals surface area contributed by atoms with Crippen LogP contribution in [-0.4, -0.2) is 45.0 Å². The fourth-order valence-electron chi connectivity index (χ4n) is 3.30. The van der Waals surface area contributed by atoms with Crippen LogP contribution in [0.1, 0.15) is 23.3 Å². The predicted octanol–water partition coefficient (Wildman–Crippen LogP) is 1.87. The zero-order chi connectivity index (χ0) is 18.8. The topological polar surface area (TPSA) is 108 Å². The van der Waals surface area contributed by atoms with Crippen LogP contribution in [0.25, 0.3) is 10.8 Å². The summed E-state index contributed by atoms with van der Waals surface area (Å²) in [5, 5.41) is 12.4. The number of piperidine rings is 1. The molecule has 0 bridgehead atoms. The number of fused-ring (bicyclic) bond motifs is 1. The Morgan fingerprint density at radius 3 is 2.85 bits per heavy atom. The number of benzene rings is 1. The molecular weight excluding hydrogens is 366 g/mol. The second-order valence-electron chi connectivity index (χ2n) is 6.36. The molecule has 8 nitrogen and oxygen atoms in total. The van der Waals surface area contributed by atoms with Gasteiger partial charge < -0.3 is 10.2 Å². The molecule has 1 aromatic carbocycles. The number of carbonyl (C=O) groups excluding carboxylic acids is 2. The number of aromatic amines is 1. The Labute approximate surface area is 158 Å². The van der Waals surface area contributed by atoms with E-state index < -0.39 is 0 Å². The van der Waals surface area contributed by atoms with E-state index in [1.165, 1.54) is 11.3 Å². The first kappa shape index (κ1) is 17.3. The Morgan fingerprint density at radius 2 is 2.07 bits per heavy atom. The molecule has 0 saturated carbocycles. The van der Waals surface area contributed by atoms with Crippen molar-refractivity contribution in [1.82, 2.24) is 20.1 Å². The standard InChI is InChI=1S/C18H17N5O3S/c24-15(20-18-19-7-9-27-18)11-4-3-8-23(10-11)17(26)14-12-5-1-2-6-13(12)16(25)22-21-14/h1-2,5-7,9,11H,3-4,8,10H2,(H,22,25)(H,19,20,24). The maximum atomic E-state index is 13.0. The van der Waals surface area contributed by atoms with Crippen LogP contribution in [0.3, 0.4) is 0 Å². The van der Waals surface area contributed by atoms with Gasteiger partial charge in [0.15, 0.2) is 10.8 Å². The van der Waals surface area contributed by atoms with E-state index in [4.69, 9.17) is 0 Å². The van der Waals surface area contributed by atoms with Gasteiger partial charge in [0, 0.05) is 30.1 Å². The van der Waals surface area contributed by atoms with Gasteiger partial charge in [0.2, 0.25) is 5.91 Å². The smallest absolute Gasteiger partial charge is 0.274 e. The van der Waals surface area contributed by atoms with Crippen LogP contribution >= 0.6 is 11.3 Å². The molecule has 0 spiro atoms. The Kier molecular flexibility index (Phi) is 4.68. The van der Waals surface area contributed by atoms with E-state index in [1.807, 2.05) is 0 Å². The third-order valence-electron chi connectivity index (χ3n) is 4.64. The van der Waals surface area contributed by atoms with Gasteiger partial charge in [-0.3, -0.25) is 14.4 Å². The largest absolute Gasteiger partial charge is 0.336 e. The number of amides is 2. The van der Waals surface area contributed by atoms with Crippen LogP contribution < -0.4 is 10.9 Å². The quantitative estimate of drug-likeness (QED) is 0.718. The molecule has 1 fully saturated rings. The van der Waals surface area contributed by atoms with Gasteiger partial charge >= 0.3 is 0 Å². The summed E-state index contributed by atoms with van der Waals surface area (Å²) in [7, 11) is 0. The number of likely N-dealkylation sites (tertiary alicyclic amines) is 1. The normalized spacial score (nSPS) is 17.0. The molecule has 2 amide bonds. The van der Waals surface area contributed by atoms with Crippen molar-refractivity contribution in [2.45, 2.75) is 12.8 Å². The third-order valence-corrected chi connectivity index (χ3v) is 5.33. The van der Waals surface area contributed by atoms with Crippen molar-refractivity contribution in [1.29, 1.82) is 0 Å². The Morgan fingerprint density at radius 1 is 1.26 bits per heavy atom. The molecule has 2 aromatic heterocycles. The maximum Gasteiger partial charge on any atom is 0.274 e. The lowest BCUT2D eigenvalue weighted by atomic mass is 9.96. The summed E-state index contributed by atoms with van der Waals surface area (Å²) < 4.78 is 0. The molecule has 1 aliphatic rings. The zero-order valence-corrected chi connectivity index (χ0v) is 15.2. The molecule has 3 aromatic rings. The molecule has 0 aliphatic carbocycles. The van der Waals surface area contributed by atoms with Gasteiger partial charge in [0.05, 0.1) is 11.3 Å². The van der Waals surface area contributed by atoms with Crippen molar-refractivity contribution in [2.24, 2.45) is 5.92 Å². The molecule has 0 radical (unpaired) electrons. The highest BCUT2D eigenvalue weighted by Gasteiger charge is 2.30. The molecular formula is C18H17N5O3S. The monoisotopic (exact) mass is 383 g/mol. The summed E-state index contributed by atoms with van der Waals surface area (Å²) in [5.74, 6) is -0.725. The van der Waals surface area contributed by atoms with Gasteiger partial charge in [-0.05, 0) is 18.9 Å². The highest BCUT2D eigenvalue weighted by Crippen LogP contribution is 2.22. The summed E-state index contributed by atoms with van der Waals surface area (Å²) in [5.41, 5.74) is -0.132. The van der Waals surface area contributed by atoms with E-state index in [0.29, 0.717) is 35.4 Å². The average Bonchev–Trinajstić information content (AvgIpc) is 3.21. The molecule has 1 saturated heterocycles. The van der Waals surface area contributed by atoms with E-state index in [1.54, 1.807) is 40.7 Å². The van der Waals surface area contributed by atoms with Gasteiger partial charge in [-0.2, -0.15) is 5.10 Å². The lowest BCUT2D eigenvalue weighted by molar-refractivity contribution is -0.121. The summed E-state index contributed by atoms with van der Waals surface area (Å²) in [6, 6.07) is 6.88. The molecule has 1 aliphatic heterocycles. The van der Waals surface area contributed by atoms with Crippen LogP contribution in [-0.2, 0) is 4.79 Å². The lowest BCUT2D eigenvalue weighted by Crippen LogP contribution is -2.44. The Hall–Kier alpha value is -3.07. The summed E-state index contributed by atoms with van der Waals surface area (Å²) in [4.78, 5) is 43.1. The van der Waals surface area contributed by atoms with Crippen LogP contribution in [0.5, 0.6) is 0 Å². The van der Waals surface area contributed by atoms with Crippen molar-refractivity contribution in [3.63, 3.8) is 0 Å². The van der Waals surface area contributed by atoms with Crippen molar-refractivity contribution in [2.75, 3.05) is 18.4 Å². The fourth-order valence-corrected chi connectivity index (χ4v) is 3.83. The van der Waals surface area contributed by atoms with Crippen molar-refractivity contribution >= 4 is 39.1 Å². The van der Waals surface area contributed by atoms with E-state index in [0.717, 1.165) is 6.42 Å².